The topological polar surface area (TPSA) is 71.8 Å². The fourth-order valence-corrected chi connectivity index (χ4v) is 4.41. The van der Waals surface area contributed by atoms with E-state index in [4.69, 9.17) is 4.98 Å². The van der Waals surface area contributed by atoms with Gasteiger partial charge in [-0.3, -0.25) is 4.98 Å². The monoisotopic (exact) mass is 418 g/mol. The van der Waals surface area contributed by atoms with E-state index >= 15 is 0 Å². The number of halogens is 2. The van der Waals surface area contributed by atoms with Crippen molar-refractivity contribution in [2.75, 3.05) is 0 Å². The lowest BCUT2D eigenvalue weighted by Crippen LogP contribution is -2.14. The zero-order chi connectivity index (χ0) is 21.4. The summed E-state index contributed by atoms with van der Waals surface area (Å²) < 4.78 is 28.1. The van der Waals surface area contributed by atoms with Crippen LogP contribution in [0.4, 0.5) is 8.78 Å². The highest BCUT2D eigenvalue weighted by molar-refractivity contribution is 5.83. The first-order chi connectivity index (χ1) is 15.1. The molecule has 4 aromatic rings. The smallest absolute Gasteiger partial charge is 0.257 e. The summed E-state index contributed by atoms with van der Waals surface area (Å²) in [5, 5.41) is 17.4. The van der Waals surface area contributed by atoms with Crippen LogP contribution in [0.2, 0.25) is 0 Å². The summed E-state index contributed by atoms with van der Waals surface area (Å²) in [4.78, 5) is 4.70. The Balaban J connectivity index is 1.48. The molecule has 1 aromatic carbocycles. The maximum atomic E-state index is 12.8. The van der Waals surface area contributed by atoms with E-state index < -0.39 is 6.55 Å². The largest absolute Gasteiger partial charge is 0.333 e. The predicted molar refractivity (Wildman–Crippen MR) is 111 cm³/mol. The van der Waals surface area contributed by atoms with Crippen LogP contribution in [0.5, 0.6) is 0 Å². The van der Waals surface area contributed by atoms with Gasteiger partial charge in [-0.05, 0) is 36.8 Å². The van der Waals surface area contributed by atoms with Gasteiger partial charge in [-0.1, -0.05) is 24.3 Å². The summed E-state index contributed by atoms with van der Waals surface area (Å²) in [6, 6.07) is 10.1. The van der Waals surface area contributed by atoms with Crippen LogP contribution >= 0.6 is 0 Å². The summed E-state index contributed by atoms with van der Waals surface area (Å²) >= 11 is 0. The Morgan fingerprint density at radius 2 is 1.71 bits per heavy atom. The molecule has 1 aliphatic carbocycles. The van der Waals surface area contributed by atoms with E-state index in [9.17, 15) is 14.0 Å². The van der Waals surface area contributed by atoms with Crippen molar-refractivity contribution in [3.8, 4) is 28.3 Å². The van der Waals surface area contributed by atoms with E-state index in [0.29, 0.717) is 16.2 Å². The van der Waals surface area contributed by atoms with E-state index in [1.54, 1.807) is 6.20 Å². The van der Waals surface area contributed by atoms with Crippen LogP contribution in [0, 0.1) is 17.2 Å². The Morgan fingerprint density at radius 3 is 2.39 bits per heavy atom. The molecule has 0 aliphatic heterocycles. The quantitative estimate of drug-likeness (QED) is 0.442. The van der Waals surface area contributed by atoms with Gasteiger partial charge in [0.05, 0.1) is 29.7 Å². The molecule has 8 heteroatoms. The highest BCUT2D eigenvalue weighted by Crippen LogP contribution is 2.38. The predicted octanol–water partition coefficient (Wildman–Crippen LogP) is 5.45. The van der Waals surface area contributed by atoms with Crippen LogP contribution in [0.1, 0.15) is 43.8 Å². The molecule has 0 unspecified atom stereocenters. The molecule has 3 heterocycles. The number of alkyl halides is 2. The van der Waals surface area contributed by atoms with Gasteiger partial charge in [0.15, 0.2) is 0 Å². The molecule has 1 saturated carbocycles. The van der Waals surface area contributed by atoms with Crippen LogP contribution < -0.4 is 0 Å². The van der Waals surface area contributed by atoms with Gasteiger partial charge in [-0.15, -0.1) is 0 Å². The summed E-state index contributed by atoms with van der Waals surface area (Å²) in [7, 11) is 0. The molecule has 1 fully saturated rings. The minimum atomic E-state index is -2.65. The number of benzene rings is 1. The molecule has 0 bridgehead atoms. The van der Waals surface area contributed by atoms with E-state index in [-0.39, 0.29) is 5.92 Å². The van der Waals surface area contributed by atoms with Crippen molar-refractivity contribution in [1.82, 2.24) is 24.4 Å². The Hall–Kier alpha value is -3.60. The molecule has 1 aliphatic rings. The van der Waals surface area contributed by atoms with Gasteiger partial charge < -0.3 is 0 Å². The van der Waals surface area contributed by atoms with Crippen LogP contribution in [0.3, 0.4) is 0 Å². The molecule has 0 radical (unpaired) electrons. The number of rotatable bonds is 4. The highest BCUT2D eigenvalue weighted by atomic mass is 19.3. The molecule has 5 rings (SSSR count). The molecule has 6 nitrogen and oxygen atoms in total. The van der Waals surface area contributed by atoms with Gasteiger partial charge in [-0.25, -0.2) is 9.20 Å². The van der Waals surface area contributed by atoms with Crippen molar-refractivity contribution in [1.29, 1.82) is 5.26 Å². The lowest BCUT2D eigenvalue weighted by Gasteiger charge is -2.24. The Kier molecular flexibility index (Phi) is 4.94. The second kappa shape index (κ2) is 7.91. The van der Waals surface area contributed by atoms with E-state index in [0.717, 1.165) is 53.6 Å². The second-order valence-corrected chi connectivity index (χ2v) is 7.91. The highest BCUT2D eigenvalue weighted by Gasteiger charge is 2.26. The van der Waals surface area contributed by atoms with E-state index in [1.807, 2.05) is 41.2 Å². The first kappa shape index (κ1) is 19.4. The minimum absolute atomic E-state index is 0.141. The van der Waals surface area contributed by atoms with Gasteiger partial charge >= 0.3 is 6.55 Å². The molecule has 31 heavy (non-hydrogen) atoms. The maximum Gasteiger partial charge on any atom is 0.333 e. The van der Waals surface area contributed by atoms with Gasteiger partial charge in [0.25, 0.3) is 0 Å². The lowest BCUT2D eigenvalue weighted by atomic mass is 9.80. The molecule has 0 atom stereocenters. The molecular formula is C23H20F2N6. The normalized spacial score (nSPS) is 19.0. The molecule has 3 aromatic heterocycles. The Bertz CT molecular complexity index is 1240. The number of hydrogen-bond donors (Lipinski definition) is 0. The first-order valence-electron chi connectivity index (χ1n) is 10.3. The van der Waals surface area contributed by atoms with Crippen molar-refractivity contribution in [3.05, 3.63) is 60.9 Å². The van der Waals surface area contributed by atoms with Gasteiger partial charge in [0, 0.05) is 41.6 Å². The molecule has 156 valence electrons. The average Bonchev–Trinajstić information content (AvgIpc) is 3.47. The third-order valence-electron chi connectivity index (χ3n) is 6.09. The number of nitrogens with zero attached hydrogens (tertiary/aromatic N) is 6. The van der Waals surface area contributed by atoms with Crippen LogP contribution in [-0.4, -0.2) is 24.4 Å². The van der Waals surface area contributed by atoms with Gasteiger partial charge in [0.2, 0.25) is 0 Å². The maximum absolute atomic E-state index is 12.8. The fourth-order valence-electron chi connectivity index (χ4n) is 4.41. The van der Waals surface area contributed by atoms with Crippen LogP contribution in [0.25, 0.3) is 27.8 Å². The lowest BCUT2D eigenvalue weighted by molar-refractivity contribution is 0.0566. The number of hydrogen-bond acceptors (Lipinski definition) is 4. The zero-order valence-corrected chi connectivity index (χ0v) is 16.7. The summed E-state index contributed by atoms with van der Waals surface area (Å²) in [5.74, 6) is 0.450. The van der Waals surface area contributed by atoms with Crippen molar-refractivity contribution in [2.45, 2.75) is 38.2 Å². The third kappa shape index (κ3) is 3.56. The molecule has 0 spiro atoms. The zero-order valence-electron chi connectivity index (χ0n) is 16.7. The summed E-state index contributed by atoms with van der Waals surface area (Å²) in [6.45, 7) is -2.65. The Labute approximate surface area is 177 Å². The Morgan fingerprint density at radius 1 is 0.968 bits per heavy atom. The molecule has 0 amide bonds. The van der Waals surface area contributed by atoms with Crippen LogP contribution in [-0.2, 0) is 0 Å². The standard InChI is InChI=1S/C23H20F2N6/c24-23(25)31-14-19(12-28-31)16-5-7-17(8-6-16)20-13-29-30-10-9-27-21(22(20)30)18-3-1-15(11-26)2-4-18/h5-10,12-15,18,23H,1-4H2/t15-,18-. The summed E-state index contributed by atoms with van der Waals surface area (Å²) in [5.41, 5.74) is 5.44. The third-order valence-corrected chi connectivity index (χ3v) is 6.09. The van der Waals surface area contributed by atoms with E-state index in [2.05, 4.69) is 16.3 Å². The minimum Gasteiger partial charge on any atom is -0.257 e. The van der Waals surface area contributed by atoms with Crippen molar-refractivity contribution >= 4 is 5.52 Å². The first-order valence-corrected chi connectivity index (χ1v) is 10.3. The number of fused-ring (bicyclic) bond motifs is 1. The van der Waals surface area contributed by atoms with Gasteiger partial charge in [0.1, 0.15) is 0 Å². The molecule has 0 saturated heterocycles. The fraction of sp³-hybridized carbons (Fsp3) is 0.304. The SMILES string of the molecule is N#C[C@H]1CC[C@H](c2nccn3ncc(-c4ccc(-c5cnn(C(F)F)c5)cc4)c23)CC1. The second-order valence-electron chi connectivity index (χ2n) is 7.91. The van der Waals surface area contributed by atoms with Gasteiger partial charge in [-0.2, -0.15) is 24.2 Å². The molecule has 0 N–H and O–H groups in total. The number of nitriles is 1. The molecular weight excluding hydrogens is 398 g/mol. The van der Waals surface area contributed by atoms with Crippen molar-refractivity contribution in [2.24, 2.45) is 5.92 Å². The average molecular weight is 418 g/mol. The van der Waals surface area contributed by atoms with Crippen molar-refractivity contribution in [3.63, 3.8) is 0 Å². The van der Waals surface area contributed by atoms with Crippen molar-refractivity contribution < 1.29 is 8.78 Å². The summed E-state index contributed by atoms with van der Waals surface area (Å²) in [6.07, 6.45) is 11.9. The van der Waals surface area contributed by atoms with Crippen LogP contribution in [0.15, 0.2) is 55.2 Å². The van der Waals surface area contributed by atoms with E-state index in [1.165, 1.54) is 12.4 Å². The number of aromatic nitrogens is 5.